The molecule has 0 saturated heterocycles. The zero-order valence-corrected chi connectivity index (χ0v) is 13.1. The lowest BCUT2D eigenvalue weighted by Crippen LogP contribution is -2.17. The van der Waals surface area contributed by atoms with Gasteiger partial charge in [0.05, 0.1) is 21.3 Å². The fraction of sp³-hybridized carbons (Fsp3) is 0.625. The predicted molar refractivity (Wildman–Crippen MR) is 81.1 cm³/mol. The number of rotatable bonds is 5. The molecule has 1 N–H and O–H groups in total. The van der Waals surface area contributed by atoms with Crippen LogP contribution in [0.2, 0.25) is 0 Å². The molecule has 0 radical (unpaired) electrons. The first-order valence-electron chi connectivity index (χ1n) is 7.05. The van der Waals surface area contributed by atoms with E-state index in [4.69, 9.17) is 14.2 Å². The van der Waals surface area contributed by atoms with Crippen LogP contribution in [0, 0.1) is 5.41 Å². The summed E-state index contributed by atoms with van der Waals surface area (Å²) in [6.45, 7) is 4.65. The van der Waals surface area contributed by atoms with Gasteiger partial charge in [-0.25, -0.2) is 0 Å². The Morgan fingerprint density at radius 1 is 1.05 bits per heavy atom. The smallest absolute Gasteiger partial charge is 0.203 e. The molecular formula is C16H25NO3. The molecule has 1 fully saturated rings. The average molecular weight is 279 g/mol. The molecule has 4 nitrogen and oxygen atoms in total. The van der Waals surface area contributed by atoms with Crippen LogP contribution >= 0.6 is 0 Å². The van der Waals surface area contributed by atoms with Gasteiger partial charge in [-0.05, 0) is 24.7 Å². The summed E-state index contributed by atoms with van der Waals surface area (Å²) >= 11 is 0. The maximum absolute atomic E-state index is 5.38. The zero-order chi connectivity index (χ0) is 14.8. The first-order chi connectivity index (χ1) is 9.49. The summed E-state index contributed by atoms with van der Waals surface area (Å²) in [5, 5.41) is 3.58. The molecule has 0 aliphatic heterocycles. The third-order valence-electron chi connectivity index (χ3n) is 4.00. The van der Waals surface area contributed by atoms with Crippen LogP contribution in [0.3, 0.4) is 0 Å². The lowest BCUT2D eigenvalue weighted by atomic mass is 9.92. The number of benzene rings is 1. The van der Waals surface area contributed by atoms with Gasteiger partial charge in [0, 0.05) is 23.9 Å². The van der Waals surface area contributed by atoms with Crippen LogP contribution in [-0.4, -0.2) is 27.4 Å². The molecule has 20 heavy (non-hydrogen) atoms. The van der Waals surface area contributed by atoms with Crippen molar-refractivity contribution in [3.63, 3.8) is 0 Å². The summed E-state index contributed by atoms with van der Waals surface area (Å²) in [6.07, 6.45) is 3.64. The molecule has 4 heteroatoms. The topological polar surface area (TPSA) is 39.7 Å². The molecule has 1 atom stereocenters. The van der Waals surface area contributed by atoms with Gasteiger partial charge >= 0.3 is 0 Å². The van der Waals surface area contributed by atoms with Gasteiger partial charge in [-0.1, -0.05) is 13.8 Å². The van der Waals surface area contributed by atoms with Gasteiger partial charge < -0.3 is 19.5 Å². The van der Waals surface area contributed by atoms with E-state index in [0.29, 0.717) is 28.7 Å². The van der Waals surface area contributed by atoms with Crippen molar-refractivity contribution < 1.29 is 14.2 Å². The molecule has 112 valence electrons. The van der Waals surface area contributed by atoms with Gasteiger partial charge in [0.25, 0.3) is 0 Å². The Bertz CT molecular complexity index is 446. The standard InChI is InChI=1S/C16H25NO3/c1-16(2)7-6-11(10-16)17-12-8-13(18-3)15(20-5)14(9-12)19-4/h8-9,11,17H,6-7,10H2,1-5H3. The van der Waals surface area contributed by atoms with E-state index >= 15 is 0 Å². The summed E-state index contributed by atoms with van der Waals surface area (Å²) in [5.41, 5.74) is 1.44. The van der Waals surface area contributed by atoms with Crippen LogP contribution < -0.4 is 19.5 Å². The van der Waals surface area contributed by atoms with Crippen LogP contribution in [0.15, 0.2) is 12.1 Å². The van der Waals surface area contributed by atoms with Crippen molar-refractivity contribution in [1.29, 1.82) is 0 Å². The molecule has 2 rings (SSSR count). The van der Waals surface area contributed by atoms with E-state index in [2.05, 4.69) is 19.2 Å². The van der Waals surface area contributed by atoms with E-state index in [-0.39, 0.29) is 0 Å². The van der Waals surface area contributed by atoms with Gasteiger partial charge in [-0.3, -0.25) is 0 Å². The first-order valence-corrected chi connectivity index (χ1v) is 7.05. The van der Waals surface area contributed by atoms with Gasteiger partial charge in [0.2, 0.25) is 5.75 Å². The lowest BCUT2D eigenvalue weighted by Gasteiger charge is -2.20. The number of anilines is 1. The number of nitrogens with one attached hydrogen (secondary N) is 1. The Labute approximate surface area is 121 Å². The molecule has 1 saturated carbocycles. The van der Waals surface area contributed by atoms with E-state index in [1.165, 1.54) is 19.3 Å². The number of hydrogen-bond donors (Lipinski definition) is 1. The maximum Gasteiger partial charge on any atom is 0.203 e. The fourth-order valence-corrected chi connectivity index (χ4v) is 2.96. The van der Waals surface area contributed by atoms with Crippen molar-refractivity contribution in [2.75, 3.05) is 26.6 Å². The van der Waals surface area contributed by atoms with Crippen molar-refractivity contribution in [2.45, 2.75) is 39.2 Å². The van der Waals surface area contributed by atoms with Gasteiger partial charge in [-0.15, -0.1) is 0 Å². The number of ether oxygens (including phenoxy) is 3. The van der Waals surface area contributed by atoms with Crippen molar-refractivity contribution in [3.05, 3.63) is 12.1 Å². The summed E-state index contributed by atoms with van der Waals surface area (Å²) in [6, 6.07) is 4.44. The zero-order valence-electron chi connectivity index (χ0n) is 13.1. The van der Waals surface area contributed by atoms with E-state index in [0.717, 1.165) is 5.69 Å². The Morgan fingerprint density at radius 3 is 2.05 bits per heavy atom. The van der Waals surface area contributed by atoms with Crippen molar-refractivity contribution in [2.24, 2.45) is 5.41 Å². The molecule has 0 spiro atoms. The molecule has 1 unspecified atom stereocenters. The third kappa shape index (κ3) is 3.11. The van der Waals surface area contributed by atoms with Gasteiger partial charge in [0.1, 0.15) is 0 Å². The fourth-order valence-electron chi connectivity index (χ4n) is 2.96. The van der Waals surface area contributed by atoms with Crippen LogP contribution in [-0.2, 0) is 0 Å². The number of methoxy groups -OCH3 is 3. The van der Waals surface area contributed by atoms with Crippen molar-refractivity contribution >= 4 is 5.69 Å². The Morgan fingerprint density at radius 2 is 1.65 bits per heavy atom. The summed E-state index contributed by atoms with van der Waals surface area (Å²) in [7, 11) is 4.90. The quantitative estimate of drug-likeness (QED) is 0.892. The van der Waals surface area contributed by atoms with Crippen molar-refractivity contribution in [1.82, 2.24) is 0 Å². The van der Waals surface area contributed by atoms with Crippen LogP contribution in [0.4, 0.5) is 5.69 Å². The highest BCUT2D eigenvalue weighted by Gasteiger charge is 2.31. The largest absolute Gasteiger partial charge is 0.493 e. The second-order valence-electron chi connectivity index (χ2n) is 6.16. The second-order valence-corrected chi connectivity index (χ2v) is 6.16. The van der Waals surface area contributed by atoms with Crippen molar-refractivity contribution in [3.8, 4) is 17.2 Å². The maximum atomic E-state index is 5.38. The van der Waals surface area contributed by atoms with E-state index in [1.807, 2.05) is 12.1 Å². The average Bonchev–Trinajstić information content (AvgIpc) is 2.76. The lowest BCUT2D eigenvalue weighted by molar-refractivity contribution is 0.324. The molecule has 0 heterocycles. The van der Waals surface area contributed by atoms with E-state index in [9.17, 15) is 0 Å². The highest BCUT2D eigenvalue weighted by molar-refractivity contribution is 5.62. The summed E-state index contributed by atoms with van der Waals surface area (Å²) in [5.74, 6) is 2.01. The van der Waals surface area contributed by atoms with Crippen LogP contribution in [0.25, 0.3) is 0 Å². The molecule has 1 aliphatic rings. The summed E-state index contributed by atoms with van der Waals surface area (Å²) in [4.78, 5) is 0. The minimum absolute atomic E-state index is 0.429. The Hall–Kier alpha value is -1.58. The molecular weight excluding hydrogens is 254 g/mol. The minimum atomic E-state index is 0.429. The highest BCUT2D eigenvalue weighted by atomic mass is 16.5. The molecule has 0 aromatic heterocycles. The molecule has 0 bridgehead atoms. The number of hydrogen-bond acceptors (Lipinski definition) is 4. The first kappa shape index (κ1) is 14.8. The molecule has 1 aromatic rings. The predicted octanol–water partition coefficient (Wildman–Crippen LogP) is 3.70. The Balaban J connectivity index is 2.20. The van der Waals surface area contributed by atoms with E-state index in [1.54, 1.807) is 21.3 Å². The monoisotopic (exact) mass is 279 g/mol. The van der Waals surface area contributed by atoms with Crippen LogP contribution in [0.5, 0.6) is 17.2 Å². The summed E-state index contributed by atoms with van der Waals surface area (Å²) < 4.78 is 16.1. The van der Waals surface area contributed by atoms with E-state index < -0.39 is 0 Å². The minimum Gasteiger partial charge on any atom is -0.493 e. The van der Waals surface area contributed by atoms with Crippen LogP contribution in [0.1, 0.15) is 33.1 Å². The normalized spacial score (nSPS) is 20.6. The van der Waals surface area contributed by atoms with Gasteiger partial charge in [-0.2, -0.15) is 0 Å². The SMILES string of the molecule is COc1cc(NC2CCC(C)(C)C2)cc(OC)c1OC. The van der Waals surface area contributed by atoms with Gasteiger partial charge in [0.15, 0.2) is 11.5 Å². The second kappa shape index (κ2) is 5.81. The molecule has 0 amide bonds. The third-order valence-corrected chi connectivity index (χ3v) is 4.00. The Kier molecular flexibility index (Phi) is 4.31. The molecule has 1 aliphatic carbocycles. The molecule has 1 aromatic carbocycles. The highest BCUT2D eigenvalue weighted by Crippen LogP contribution is 2.42.